The Labute approximate surface area is 106 Å². The van der Waals surface area contributed by atoms with Crippen LogP contribution in [0.25, 0.3) is 0 Å². The summed E-state index contributed by atoms with van der Waals surface area (Å²) in [6.45, 7) is 10.1. The van der Waals surface area contributed by atoms with Crippen LogP contribution in [-0.2, 0) is 0 Å². The molecule has 0 aromatic carbocycles. The molecule has 0 spiro atoms. The van der Waals surface area contributed by atoms with Gasteiger partial charge in [0.25, 0.3) is 0 Å². The molecule has 0 aromatic heterocycles. The smallest absolute Gasteiger partial charge is 0.0235 e. The molecular formula is C14H27N3. The van der Waals surface area contributed by atoms with E-state index in [2.05, 4.69) is 22.0 Å². The Balaban J connectivity index is 1.52. The Morgan fingerprint density at radius 1 is 1.12 bits per heavy atom. The first-order valence-electron chi connectivity index (χ1n) is 7.56. The van der Waals surface area contributed by atoms with Crippen molar-refractivity contribution < 1.29 is 0 Å². The Kier molecular flexibility index (Phi) is 3.69. The summed E-state index contributed by atoms with van der Waals surface area (Å²) in [5.41, 5.74) is 0. The first-order chi connectivity index (χ1) is 8.36. The maximum absolute atomic E-state index is 3.72. The van der Waals surface area contributed by atoms with Crippen molar-refractivity contribution >= 4 is 0 Å². The Morgan fingerprint density at radius 2 is 1.94 bits per heavy atom. The van der Waals surface area contributed by atoms with E-state index in [1.165, 1.54) is 65.0 Å². The van der Waals surface area contributed by atoms with E-state index in [1.54, 1.807) is 0 Å². The number of hydrogen-bond donors (Lipinski definition) is 1. The topological polar surface area (TPSA) is 18.5 Å². The van der Waals surface area contributed by atoms with Gasteiger partial charge in [-0.2, -0.15) is 0 Å². The second kappa shape index (κ2) is 5.25. The summed E-state index contributed by atoms with van der Waals surface area (Å²) in [6, 6.07) is 1.69. The second-order valence-electron chi connectivity index (χ2n) is 6.08. The summed E-state index contributed by atoms with van der Waals surface area (Å²) in [6.07, 6.45) is 5.64. The molecule has 0 saturated carbocycles. The maximum Gasteiger partial charge on any atom is 0.0235 e. The van der Waals surface area contributed by atoms with Gasteiger partial charge in [-0.25, -0.2) is 0 Å². The van der Waals surface area contributed by atoms with E-state index >= 15 is 0 Å². The zero-order valence-corrected chi connectivity index (χ0v) is 11.2. The molecule has 3 rings (SSSR count). The van der Waals surface area contributed by atoms with Gasteiger partial charge >= 0.3 is 0 Å². The minimum absolute atomic E-state index is 0.813. The molecule has 2 atom stereocenters. The van der Waals surface area contributed by atoms with E-state index in [1.807, 2.05) is 0 Å². The molecule has 98 valence electrons. The molecule has 3 saturated heterocycles. The van der Waals surface area contributed by atoms with Crippen molar-refractivity contribution in [2.75, 3.05) is 39.3 Å². The van der Waals surface area contributed by atoms with Crippen LogP contribution in [0.4, 0.5) is 0 Å². The lowest BCUT2D eigenvalue weighted by molar-refractivity contribution is 0.127. The maximum atomic E-state index is 3.72. The van der Waals surface area contributed by atoms with E-state index in [0.29, 0.717) is 0 Å². The van der Waals surface area contributed by atoms with Gasteiger partial charge in [0.15, 0.2) is 0 Å². The van der Waals surface area contributed by atoms with E-state index in [4.69, 9.17) is 0 Å². The van der Waals surface area contributed by atoms with Crippen LogP contribution < -0.4 is 5.32 Å². The SMILES string of the molecule is CCN1CCC(N2CC3CCCNC3C2)CC1. The number of likely N-dealkylation sites (tertiary alicyclic amines) is 2. The third-order valence-corrected chi connectivity index (χ3v) is 5.15. The molecule has 2 unspecified atom stereocenters. The lowest BCUT2D eigenvalue weighted by Crippen LogP contribution is -2.45. The van der Waals surface area contributed by atoms with E-state index in [9.17, 15) is 0 Å². The van der Waals surface area contributed by atoms with Gasteiger partial charge in [-0.1, -0.05) is 6.92 Å². The minimum Gasteiger partial charge on any atom is -0.312 e. The summed E-state index contributed by atoms with van der Waals surface area (Å²) in [5, 5.41) is 3.72. The Hall–Kier alpha value is -0.120. The van der Waals surface area contributed by atoms with Gasteiger partial charge in [-0.05, 0) is 57.8 Å². The number of nitrogens with zero attached hydrogens (tertiary/aromatic N) is 2. The number of nitrogens with one attached hydrogen (secondary N) is 1. The molecule has 0 amide bonds. The van der Waals surface area contributed by atoms with Crippen molar-refractivity contribution in [2.45, 2.75) is 44.7 Å². The standard InChI is InChI=1S/C14H27N3/c1-2-16-8-5-13(6-9-16)17-10-12-4-3-7-15-14(12)11-17/h12-15H,2-11H2,1H3. The predicted octanol–water partition coefficient (Wildman–Crippen LogP) is 1.15. The number of piperidine rings is 2. The highest BCUT2D eigenvalue weighted by Crippen LogP contribution is 2.29. The van der Waals surface area contributed by atoms with Crippen LogP contribution in [0.15, 0.2) is 0 Å². The largest absolute Gasteiger partial charge is 0.312 e. The second-order valence-corrected chi connectivity index (χ2v) is 6.08. The van der Waals surface area contributed by atoms with Crippen LogP contribution in [0.2, 0.25) is 0 Å². The first kappa shape index (κ1) is 11.9. The zero-order chi connectivity index (χ0) is 11.7. The fourth-order valence-electron chi connectivity index (χ4n) is 3.98. The van der Waals surface area contributed by atoms with Crippen LogP contribution in [0.1, 0.15) is 32.6 Å². The molecule has 17 heavy (non-hydrogen) atoms. The molecule has 3 heteroatoms. The molecule has 0 bridgehead atoms. The average Bonchev–Trinajstić information content (AvgIpc) is 2.82. The fraction of sp³-hybridized carbons (Fsp3) is 1.00. The van der Waals surface area contributed by atoms with E-state index in [-0.39, 0.29) is 0 Å². The van der Waals surface area contributed by atoms with Crippen LogP contribution in [0.3, 0.4) is 0 Å². The summed E-state index contributed by atoms with van der Waals surface area (Å²) in [4.78, 5) is 5.39. The van der Waals surface area contributed by atoms with Crippen molar-refractivity contribution in [1.82, 2.24) is 15.1 Å². The van der Waals surface area contributed by atoms with E-state index < -0.39 is 0 Å². The van der Waals surface area contributed by atoms with Crippen LogP contribution >= 0.6 is 0 Å². The molecular weight excluding hydrogens is 210 g/mol. The summed E-state index contributed by atoms with van der Waals surface area (Å²) in [7, 11) is 0. The summed E-state index contributed by atoms with van der Waals surface area (Å²) in [5.74, 6) is 0.952. The Morgan fingerprint density at radius 3 is 2.65 bits per heavy atom. The van der Waals surface area contributed by atoms with Crippen LogP contribution in [-0.4, -0.2) is 61.2 Å². The molecule has 0 radical (unpaired) electrons. The number of hydrogen-bond acceptors (Lipinski definition) is 3. The van der Waals surface area contributed by atoms with Crippen molar-refractivity contribution in [3.8, 4) is 0 Å². The molecule has 3 fully saturated rings. The highest BCUT2D eigenvalue weighted by atomic mass is 15.2. The van der Waals surface area contributed by atoms with Gasteiger partial charge in [0, 0.05) is 25.2 Å². The molecule has 3 nitrogen and oxygen atoms in total. The lowest BCUT2D eigenvalue weighted by Gasteiger charge is -2.36. The quantitative estimate of drug-likeness (QED) is 0.777. The minimum atomic E-state index is 0.813. The third-order valence-electron chi connectivity index (χ3n) is 5.15. The van der Waals surface area contributed by atoms with Crippen molar-refractivity contribution in [3.05, 3.63) is 0 Å². The lowest BCUT2D eigenvalue weighted by atomic mass is 9.94. The van der Waals surface area contributed by atoms with Gasteiger partial charge in [-0.15, -0.1) is 0 Å². The van der Waals surface area contributed by atoms with Crippen molar-refractivity contribution in [2.24, 2.45) is 5.92 Å². The average molecular weight is 237 g/mol. The summed E-state index contributed by atoms with van der Waals surface area (Å²) < 4.78 is 0. The highest BCUT2D eigenvalue weighted by molar-refractivity contribution is 4.95. The van der Waals surface area contributed by atoms with Crippen LogP contribution in [0, 0.1) is 5.92 Å². The molecule has 0 aliphatic carbocycles. The number of fused-ring (bicyclic) bond motifs is 1. The number of rotatable bonds is 2. The highest BCUT2D eigenvalue weighted by Gasteiger charge is 2.37. The molecule has 1 N–H and O–H groups in total. The summed E-state index contributed by atoms with van der Waals surface area (Å²) >= 11 is 0. The normalized spacial score (nSPS) is 37.2. The predicted molar refractivity (Wildman–Crippen MR) is 71.2 cm³/mol. The monoisotopic (exact) mass is 237 g/mol. The van der Waals surface area contributed by atoms with Gasteiger partial charge in [0.1, 0.15) is 0 Å². The zero-order valence-electron chi connectivity index (χ0n) is 11.2. The van der Waals surface area contributed by atoms with Crippen molar-refractivity contribution in [1.29, 1.82) is 0 Å². The van der Waals surface area contributed by atoms with Gasteiger partial charge in [0.05, 0.1) is 0 Å². The fourth-order valence-corrected chi connectivity index (χ4v) is 3.98. The molecule has 3 aliphatic heterocycles. The molecule has 0 aromatic rings. The van der Waals surface area contributed by atoms with Crippen molar-refractivity contribution in [3.63, 3.8) is 0 Å². The van der Waals surface area contributed by atoms with Crippen LogP contribution in [0.5, 0.6) is 0 Å². The first-order valence-corrected chi connectivity index (χ1v) is 7.56. The third kappa shape index (κ3) is 2.51. The van der Waals surface area contributed by atoms with Gasteiger partial charge < -0.3 is 10.2 Å². The molecule has 3 aliphatic rings. The van der Waals surface area contributed by atoms with E-state index in [0.717, 1.165) is 18.0 Å². The van der Waals surface area contributed by atoms with Gasteiger partial charge in [0.2, 0.25) is 0 Å². The molecule has 3 heterocycles. The Bertz CT molecular complexity index is 234. The van der Waals surface area contributed by atoms with Gasteiger partial charge in [-0.3, -0.25) is 4.90 Å².